The van der Waals surface area contributed by atoms with Gasteiger partial charge in [0.05, 0.1) is 0 Å². The van der Waals surface area contributed by atoms with Crippen LogP contribution in [0.15, 0.2) is 66.7 Å². The zero-order chi connectivity index (χ0) is 21.5. The zero-order valence-electron chi connectivity index (χ0n) is 16.5. The molecule has 0 spiro atoms. The molecule has 2 amide bonds. The Kier molecular flexibility index (Phi) is 6.87. The zero-order valence-corrected chi connectivity index (χ0v) is 16.5. The van der Waals surface area contributed by atoms with Gasteiger partial charge in [-0.3, -0.25) is 0 Å². The van der Waals surface area contributed by atoms with E-state index in [9.17, 15) is 19.8 Å². The van der Waals surface area contributed by atoms with Gasteiger partial charge in [-0.1, -0.05) is 42.5 Å². The van der Waals surface area contributed by atoms with Gasteiger partial charge in [-0.15, -0.1) is 0 Å². The van der Waals surface area contributed by atoms with Crippen molar-refractivity contribution < 1.29 is 19.8 Å². The van der Waals surface area contributed by atoms with Gasteiger partial charge in [0, 0.05) is 12.2 Å². The number of nitrogens with one attached hydrogen (secondary N) is 1. The van der Waals surface area contributed by atoms with Gasteiger partial charge in [0.1, 0.15) is 11.8 Å². The number of fused-ring (bicyclic) bond motifs is 1. The second-order valence-corrected chi connectivity index (χ2v) is 7.07. The van der Waals surface area contributed by atoms with Gasteiger partial charge < -0.3 is 26.2 Å². The van der Waals surface area contributed by atoms with Crippen molar-refractivity contribution in [2.24, 2.45) is 5.73 Å². The van der Waals surface area contributed by atoms with E-state index in [-0.39, 0.29) is 18.7 Å². The summed E-state index contributed by atoms with van der Waals surface area (Å²) >= 11 is 0. The molecule has 3 rings (SSSR count). The van der Waals surface area contributed by atoms with Gasteiger partial charge in [-0.2, -0.15) is 0 Å². The maximum atomic E-state index is 13.1. The minimum absolute atomic E-state index is 0.0846. The fourth-order valence-electron chi connectivity index (χ4n) is 3.31. The number of amides is 2. The lowest BCUT2D eigenvalue weighted by Crippen LogP contribution is -2.46. The molecule has 30 heavy (non-hydrogen) atoms. The Balaban J connectivity index is 1.86. The van der Waals surface area contributed by atoms with E-state index in [0.717, 1.165) is 10.8 Å². The fourth-order valence-corrected chi connectivity index (χ4v) is 3.31. The summed E-state index contributed by atoms with van der Waals surface area (Å²) in [4.78, 5) is 26.3. The summed E-state index contributed by atoms with van der Waals surface area (Å²) in [5.41, 5.74) is 6.85. The Morgan fingerprint density at radius 1 is 1.00 bits per heavy atom. The van der Waals surface area contributed by atoms with Crippen LogP contribution in [0.25, 0.3) is 10.8 Å². The standard InChI is InChI=1S/C23H25N3O4/c24-13-3-6-21(22(28)29)26(15-16-7-11-20(27)12-8-16)23(30)25-19-10-9-17-4-1-2-5-18(17)14-19/h1-2,4-5,7-12,14,21,27H,3,6,13,15,24H2,(H,25,30)(H,28,29)/t21-/m1/s1. The molecular weight excluding hydrogens is 382 g/mol. The largest absolute Gasteiger partial charge is 0.508 e. The van der Waals surface area contributed by atoms with E-state index in [1.165, 1.54) is 17.0 Å². The van der Waals surface area contributed by atoms with Crippen LogP contribution in [0.4, 0.5) is 10.5 Å². The highest BCUT2D eigenvalue weighted by Crippen LogP contribution is 2.21. The van der Waals surface area contributed by atoms with E-state index in [2.05, 4.69) is 5.32 Å². The van der Waals surface area contributed by atoms with Gasteiger partial charge in [0.25, 0.3) is 0 Å². The highest BCUT2D eigenvalue weighted by Gasteiger charge is 2.29. The SMILES string of the molecule is NCCC[C@H](C(=O)O)N(Cc1ccc(O)cc1)C(=O)Nc1ccc2ccccc2c1. The smallest absolute Gasteiger partial charge is 0.326 e. The highest BCUT2D eigenvalue weighted by molar-refractivity contribution is 5.95. The van der Waals surface area contributed by atoms with E-state index >= 15 is 0 Å². The van der Waals surface area contributed by atoms with Crippen LogP contribution in [-0.4, -0.2) is 39.7 Å². The second-order valence-electron chi connectivity index (χ2n) is 7.07. The monoisotopic (exact) mass is 407 g/mol. The third kappa shape index (κ3) is 5.27. The van der Waals surface area contributed by atoms with Crippen LogP contribution in [-0.2, 0) is 11.3 Å². The minimum atomic E-state index is -1.09. The molecule has 0 aliphatic carbocycles. The predicted octanol–water partition coefficient (Wildman–Crippen LogP) is 3.77. The van der Waals surface area contributed by atoms with Crippen LogP contribution in [0.1, 0.15) is 18.4 Å². The number of aliphatic carboxylic acids is 1. The molecule has 7 heteroatoms. The first-order valence-corrected chi connectivity index (χ1v) is 9.75. The molecule has 0 saturated carbocycles. The van der Waals surface area contributed by atoms with Crippen molar-refractivity contribution in [3.63, 3.8) is 0 Å². The molecule has 0 bridgehead atoms. The summed E-state index contributed by atoms with van der Waals surface area (Å²) in [6, 6.07) is 18.1. The van der Waals surface area contributed by atoms with Gasteiger partial charge in [0.2, 0.25) is 0 Å². The first-order valence-electron chi connectivity index (χ1n) is 9.75. The van der Waals surface area contributed by atoms with Gasteiger partial charge in [0.15, 0.2) is 0 Å². The van der Waals surface area contributed by atoms with Gasteiger partial charge in [-0.05, 0) is 60.0 Å². The van der Waals surface area contributed by atoms with Crippen LogP contribution in [0.2, 0.25) is 0 Å². The molecule has 0 radical (unpaired) electrons. The molecule has 3 aromatic rings. The number of aromatic hydroxyl groups is 1. The maximum absolute atomic E-state index is 13.1. The topological polar surface area (TPSA) is 116 Å². The van der Waals surface area contributed by atoms with Crippen molar-refractivity contribution in [2.45, 2.75) is 25.4 Å². The lowest BCUT2D eigenvalue weighted by Gasteiger charge is -2.29. The van der Waals surface area contributed by atoms with Crippen LogP contribution in [0, 0.1) is 0 Å². The molecule has 156 valence electrons. The molecule has 0 heterocycles. The van der Waals surface area contributed by atoms with Crippen molar-refractivity contribution in [3.05, 3.63) is 72.3 Å². The highest BCUT2D eigenvalue weighted by atomic mass is 16.4. The first-order chi connectivity index (χ1) is 14.5. The summed E-state index contributed by atoms with van der Waals surface area (Å²) in [5.74, 6) is -0.986. The van der Waals surface area contributed by atoms with Crippen molar-refractivity contribution in [3.8, 4) is 5.75 Å². The minimum Gasteiger partial charge on any atom is -0.508 e. The summed E-state index contributed by atoms with van der Waals surface area (Å²) < 4.78 is 0. The number of hydrogen-bond donors (Lipinski definition) is 4. The molecule has 1 atom stereocenters. The molecule has 0 fully saturated rings. The number of hydrogen-bond acceptors (Lipinski definition) is 4. The van der Waals surface area contributed by atoms with Gasteiger partial charge in [-0.25, -0.2) is 9.59 Å². The van der Waals surface area contributed by atoms with Crippen LogP contribution < -0.4 is 11.1 Å². The van der Waals surface area contributed by atoms with Crippen LogP contribution in [0.3, 0.4) is 0 Å². The quantitative estimate of drug-likeness (QED) is 0.454. The fraction of sp³-hybridized carbons (Fsp3) is 0.217. The molecule has 0 aromatic heterocycles. The number of carbonyl (C=O) groups is 2. The Morgan fingerprint density at radius 2 is 1.70 bits per heavy atom. The second kappa shape index (κ2) is 9.76. The average molecular weight is 407 g/mol. The number of phenols is 1. The average Bonchev–Trinajstić information content (AvgIpc) is 2.74. The number of carbonyl (C=O) groups excluding carboxylic acids is 1. The molecule has 3 aromatic carbocycles. The van der Waals surface area contributed by atoms with Crippen LogP contribution in [0.5, 0.6) is 5.75 Å². The third-order valence-electron chi connectivity index (χ3n) is 4.89. The Morgan fingerprint density at radius 3 is 2.37 bits per heavy atom. The lowest BCUT2D eigenvalue weighted by atomic mass is 10.1. The number of nitrogens with two attached hydrogens (primary N) is 1. The van der Waals surface area contributed by atoms with Crippen molar-refractivity contribution in [1.29, 1.82) is 0 Å². The number of benzene rings is 3. The normalized spacial score (nSPS) is 11.8. The Labute approximate surface area is 174 Å². The number of anilines is 1. The number of phenolic OH excluding ortho intramolecular Hbond substituents is 1. The number of carboxylic acids is 1. The van der Waals surface area contributed by atoms with E-state index < -0.39 is 18.0 Å². The maximum Gasteiger partial charge on any atom is 0.326 e. The number of rotatable bonds is 8. The lowest BCUT2D eigenvalue weighted by molar-refractivity contribution is -0.142. The molecule has 0 unspecified atom stereocenters. The number of urea groups is 1. The van der Waals surface area contributed by atoms with E-state index in [1.54, 1.807) is 18.2 Å². The summed E-state index contributed by atoms with van der Waals surface area (Å²) in [5, 5.41) is 24.1. The molecule has 0 saturated heterocycles. The Hall–Kier alpha value is -3.58. The van der Waals surface area contributed by atoms with Crippen molar-refractivity contribution >= 4 is 28.5 Å². The Bertz CT molecular complexity index is 1020. The first kappa shape index (κ1) is 21.1. The molecule has 0 aliphatic heterocycles. The van der Waals surface area contributed by atoms with E-state index in [1.807, 2.05) is 36.4 Å². The van der Waals surface area contributed by atoms with Gasteiger partial charge >= 0.3 is 12.0 Å². The van der Waals surface area contributed by atoms with E-state index in [4.69, 9.17) is 5.73 Å². The molecular formula is C23H25N3O4. The summed E-state index contributed by atoms with van der Waals surface area (Å²) in [7, 11) is 0. The summed E-state index contributed by atoms with van der Waals surface area (Å²) in [6.45, 7) is 0.421. The van der Waals surface area contributed by atoms with Crippen molar-refractivity contribution in [2.75, 3.05) is 11.9 Å². The number of carboxylic acid groups (broad SMARTS) is 1. The van der Waals surface area contributed by atoms with Crippen molar-refractivity contribution in [1.82, 2.24) is 4.90 Å². The molecule has 7 nitrogen and oxygen atoms in total. The summed E-state index contributed by atoms with van der Waals surface area (Å²) in [6.07, 6.45) is 0.724. The third-order valence-corrected chi connectivity index (χ3v) is 4.89. The molecule has 0 aliphatic rings. The molecule has 5 N–H and O–H groups in total. The van der Waals surface area contributed by atoms with E-state index in [0.29, 0.717) is 24.2 Å². The number of nitrogens with zero attached hydrogens (tertiary/aromatic N) is 1. The predicted molar refractivity (Wildman–Crippen MR) is 116 cm³/mol. The van der Waals surface area contributed by atoms with Crippen LogP contribution >= 0.6 is 0 Å².